The zero-order valence-electron chi connectivity index (χ0n) is 17.9. The number of rotatable bonds is 3. The number of hydrogen-bond donors (Lipinski definition) is 4. The Morgan fingerprint density at radius 1 is 1.19 bits per heavy atom. The van der Waals surface area contributed by atoms with Crippen molar-refractivity contribution >= 4 is 29.0 Å². The third kappa shape index (κ3) is 2.71. The fraction of sp³-hybridized carbons (Fsp3) is 0.391. The SMILES string of the molecule is CC(=O)c1cccc2c1C(O)=C1C(=O)[C@]3(O)C(O)=C(C(N)=O)C(=O)[C@@H](N(C)C)C3CC1C2. The molecule has 9 nitrogen and oxygen atoms in total. The second-order valence-electron chi connectivity index (χ2n) is 8.86. The van der Waals surface area contributed by atoms with Crippen molar-refractivity contribution in [2.75, 3.05) is 14.1 Å². The van der Waals surface area contributed by atoms with Crippen LogP contribution >= 0.6 is 0 Å². The summed E-state index contributed by atoms with van der Waals surface area (Å²) in [6, 6.07) is 3.89. The summed E-state index contributed by atoms with van der Waals surface area (Å²) >= 11 is 0. The van der Waals surface area contributed by atoms with Crippen LogP contribution in [0.25, 0.3) is 5.76 Å². The van der Waals surface area contributed by atoms with Gasteiger partial charge in [0, 0.05) is 22.6 Å². The number of nitrogens with two attached hydrogens (primary N) is 1. The highest BCUT2D eigenvalue weighted by molar-refractivity contribution is 6.24. The van der Waals surface area contributed by atoms with Crippen LogP contribution in [0.2, 0.25) is 0 Å². The summed E-state index contributed by atoms with van der Waals surface area (Å²) in [7, 11) is 3.12. The lowest BCUT2D eigenvalue weighted by Gasteiger charge is -2.50. The largest absolute Gasteiger partial charge is 0.508 e. The third-order valence-electron chi connectivity index (χ3n) is 6.86. The van der Waals surface area contributed by atoms with Crippen LogP contribution in [0.15, 0.2) is 35.1 Å². The van der Waals surface area contributed by atoms with Crippen molar-refractivity contribution in [3.63, 3.8) is 0 Å². The number of carbonyl (C=O) groups excluding carboxylic acids is 4. The van der Waals surface area contributed by atoms with Gasteiger partial charge in [0.05, 0.1) is 6.04 Å². The average molecular weight is 440 g/mol. The van der Waals surface area contributed by atoms with Crippen LogP contribution in [0.5, 0.6) is 0 Å². The minimum Gasteiger partial charge on any atom is -0.508 e. The molecule has 0 bridgehead atoms. The molecule has 168 valence electrons. The van der Waals surface area contributed by atoms with Gasteiger partial charge in [0.25, 0.3) is 5.91 Å². The van der Waals surface area contributed by atoms with Crippen LogP contribution in [-0.4, -0.2) is 69.2 Å². The van der Waals surface area contributed by atoms with Gasteiger partial charge in [0.1, 0.15) is 17.1 Å². The summed E-state index contributed by atoms with van der Waals surface area (Å²) in [4.78, 5) is 52.1. The first kappa shape index (κ1) is 21.9. The van der Waals surface area contributed by atoms with Gasteiger partial charge < -0.3 is 21.1 Å². The van der Waals surface area contributed by atoms with E-state index in [9.17, 15) is 34.5 Å². The van der Waals surface area contributed by atoms with Crippen LogP contribution in [0.1, 0.15) is 34.8 Å². The first-order chi connectivity index (χ1) is 14.9. The Hall–Kier alpha value is -3.30. The van der Waals surface area contributed by atoms with Gasteiger partial charge in [-0.25, -0.2) is 0 Å². The van der Waals surface area contributed by atoms with E-state index < -0.39 is 58.0 Å². The molecule has 1 saturated carbocycles. The second kappa shape index (κ2) is 7.11. The Bertz CT molecular complexity index is 1160. The molecule has 9 heteroatoms. The number of carbonyl (C=O) groups is 4. The van der Waals surface area contributed by atoms with Gasteiger partial charge in [-0.2, -0.15) is 0 Å². The first-order valence-corrected chi connectivity index (χ1v) is 10.2. The topological polar surface area (TPSA) is 158 Å². The van der Waals surface area contributed by atoms with E-state index in [0.717, 1.165) is 0 Å². The lowest BCUT2D eigenvalue weighted by atomic mass is 9.57. The predicted molar refractivity (Wildman–Crippen MR) is 113 cm³/mol. The van der Waals surface area contributed by atoms with E-state index in [0.29, 0.717) is 12.0 Å². The van der Waals surface area contributed by atoms with E-state index in [1.165, 1.54) is 17.9 Å². The molecule has 0 saturated heterocycles. The summed E-state index contributed by atoms with van der Waals surface area (Å²) in [5.41, 5.74) is 2.84. The number of aliphatic hydroxyl groups excluding tert-OH is 2. The van der Waals surface area contributed by atoms with Crippen molar-refractivity contribution in [3.8, 4) is 0 Å². The Kier molecular flexibility index (Phi) is 4.87. The molecule has 4 rings (SSSR count). The first-order valence-electron chi connectivity index (χ1n) is 10.2. The summed E-state index contributed by atoms with van der Waals surface area (Å²) < 4.78 is 0. The molecule has 2 unspecified atom stereocenters. The molecule has 3 aliphatic rings. The molecular weight excluding hydrogens is 416 g/mol. The van der Waals surface area contributed by atoms with Crippen LogP contribution < -0.4 is 5.73 Å². The zero-order valence-corrected chi connectivity index (χ0v) is 17.9. The molecule has 1 aromatic carbocycles. The Labute approximate surface area is 183 Å². The van der Waals surface area contributed by atoms with Gasteiger partial charge in [-0.05, 0) is 45.3 Å². The lowest BCUT2D eigenvalue weighted by molar-refractivity contribution is -0.153. The Morgan fingerprint density at radius 2 is 1.84 bits per heavy atom. The standard InChI is InChI=1S/C23H24N2O7/c1-9(26)12-6-4-5-10-7-11-8-13-17(25(2)3)19(28)16(22(24)31)21(30)23(13,32)20(29)15(11)18(27)14(10)12/h4-6,11,13,17,27,30,32H,7-8H2,1-3H3,(H2,24,31)/t11?,13?,17-,23-/m0/s1. The van der Waals surface area contributed by atoms with Crippen LogP contribution in [0.3, 0.4) is 0 Å². The van der Waals surface area contributed by atoms with Crippen molar-refractivity contribution in [2.24, 2.45) is 17.6 Å². The molecule has 0 spiro atoms. The molecule has 0 heterocycles. The highest BCUT2D eigenvalue weighted by Crippen LogP contribution is 2.51. The molecule has 3 aliphatic carbocycles. The second-order valence-corrected chi connectivity index (χ2v) is 8.86. The number of ketones is 3. The van der Waals surface area contributed by atoms with E-state index in [4.69, 9.17) is 5.73 Å². The molecule has 1 amide bonds. The molecule has 1 aromatic rings. The number of amides is 1. The molecule has 0 aromatic heterocycles. The minimum atomic E-state index is -2.62. The molecule has 32 heavy (non-hydrogen) atoms. The van der Waals surface area contributed by atoms with Gasteiger partial charge >= 0.3 is 0 Å². The van der Waals surface area contributed by atoms with E-state index in [1.807, 2.05) is 0 Å². The lowest BCUT2D eigenvalue weighted by Crippen LogP contribution is -2.65. The van der Waals surface area contributed by atoms with E-state index in [2.05, 4.69) is 0 Å². The summed E-state index contributed by atoms with van der Waals surface area (Å²) in [6.07, 6.45) is 0.381. The van der Waals surface area contributed by atoms with E-state index in [1.54, 1.807) is 26.2 Å². The molecule has 5 N–H and O–H groups in total. The monoisotopic (exact) mass is 440 g/mol. The van der Waals surface area contributed by atoms with E-state index in [-0.39, 0.29) is 28.9 Å². The Morgan fingerprint density at radius 3 is 2.41 bits per heavy atom. The maximum absolute atomic E-state index is 13.6. The smallest absolute Gasteiger partial charge is 0.255 e. The molecule has 4 atom stereocenters. The average Bonchev–Trinajstić information content (AvgIpc) is 2.69. The van der Waals surface area contributed by atoms with Gasteiger partial charge in [0.15, 0.2) is 17.2 Å². The van der Waals surface area contributed by atoms with Crippen LogP contribution in [0, 0.1) is 11.8 Å². The number of hydrogen-bond acceptors (Lipinski definition) is 8. The summed E-state index contributed by atoms with van der Waals surface area (Å²) in [5.74, 6) is -6.49. The third-order valence-corrected chi connectivity index (χ3v) is 6.86. The minimum absolute atomic E-state index is 0.0794. The van der Waals surface area contributed by atoms with Crippen molar-refractivity contribution in [3.05, 3.63) is 51.8 Å². The molecular formula is C23H24N2O7. The normalized spacial score (nSPS) is 29.6. The molecule has 0 aliphatic heterocycles. The summed E-state index contributed by atoms with van der Waals surface area (Å²) in [6.45, 7) is 1.34. The predicted octanol–water partition coefficient (Wildman–Crippen LogP) is 0.461. The maximum atomic E-state index is 13.6. The van der Waals surface area contributed by atoms with Crippen molar-refractivity contribution in [1.82, 2.24) is 4.90 Å². The highest BCUT2D eigenvalue weighted by Gasteiger charge is 2.64. The quantitative estimate of drug-likeness (QED) is 0.390. The highest BCUT2D eigenvalue weighted by atomic mass is 16.3. The number of primary amides is 1. The van der Waals surface area contributed by atoms with Gasteiger partial charge in [-0.3, -0.25) is 24.1 Å². The molecule has 0 radical (unpaired) electrons. The fourth-order valence-electron chi connectivity index (χ4n) is 5.49. The van der Waals surface area contributed by atoms with Crippen LogP contribution in [0.4, 0.5) is 0 Å². The number of likely N-dealkylation sites (N-methyl/N-ethyl adjacent to an activating group) is 1. The van der Waals surface area contributed by atoms with Crippen LogP contribution in [-0.2, 0) is 20.8 Å². The van der Waals surface area contributed by atoms with Crippen molar-refractivity contribution in [2.45, 2.75) is 31.4 Å². The van der Waals surface area contributed by atoms with Gasteiger partial charge in [0.2, 0.25) is 5.78 Å². The summed E-state index contributed by atoms with van der Waals surface area (Å²) in [5, 5.41) is 33.3. The number of fused-ring (bicyclic) bond motifs is 3. The number of aliphatic hydroxyl groups is 3. The number of Topliss-reactive ketones (excluding diaryl/α,β-unsaturated/α-hetero) is 3. The van der Waals surface area contributed by atoms with Gasteiger partial charge in [-0.15, -0.1) is 0 Å². The number of nitrogens with zero attached hydrogens (tertiary/aromatic N) is 1. The van der Waals surface area contributed by atoms with Gasteiger partial charge in [-0.1, -0.05) is 18.2 Å². The van der Waals surface area contributed by atoms with E-state index >= 15 is 0 Å². The zero-order chi connectivity index (χ0) is 23.7. The fourth-order valence-corrected chi connectivity index (χ4v) is 5.49. The Balaban J connectivity index is 1.99. The van der Waals surface area contributed by atoms with Crippen molar-refractivity contribution in [1.29, 1.82) is 0 Å². The maximum Gasteiger partial charge on any atom is 0.255 e. The molecule has 1 fully saturated rings. The number of benzene rings is 1. The van der Waals surface area contributed by atoms with Crippen molar-refractivity contribution < 1.29 is 34.5 Å².